The number of carboxylic acid groups (broad SMARTS) is 1. The predicted molar refractivity (Wildman–Crippen MR) is 60.3 cm³/mol. The Morgan fingerprint density at radius 3 is 2.81 bits per heavy atom. The first-order valence-corrected chi connectivity index (χ1v) is 5.53. The molecule has 1 N–H and O–H groups in total. The molecule has 5 heteroatoms. The maximum atomic E-state index is 10.6. The third-order valence-electron chi connectivity index (χ3n) is 1.56. The van der Waals surface area contributed by atoms with Gasteiger partial charge in [-0.25, -0.2) is 4.79 Å². The first-order valence-electron chi connectivity index (χ1n) is 4.55. The number of thioether (sulfide) groups is 1. The van der Waals surface area contributed by atoms with Crippen LogP contribution in [0.25, 0.3) is 0 Å². The fraction of sp³-hybridized carbons (Fsp3) is 0.273. The number of carbonyl (C=O) groups excluding carboxylic acids is 1. The minimum Gasteiger partial charge on any atom is -0.475 e. The van der Waals surface area contributed by atoms with Crippen molar-refractivity contribution in [3.63, 3.8) is 0 Å². The molecule has 0 aliphatic heterocycles. The molecule has 84 valence electrons. The maximum Gasteiger partial charge on any atom is 0.371 e. The average Bonchev–Trinajstić information content (AvgIpc) is 2.65. The number of aromatic carboxylic acids is 1. The Labute approximate surface area is 97.0 Å². The Hall–Kier alpha value is -1.67. The van der Waals surface area contributed by atoms with E-state index < -0.39 is 5.97 Å². The van der Waals surface area contributed by atoms with Crippen LogP contribution >= 0.6 is 11.8 Å². The number of rotatable bonds is 3. The van der Waals surface area contributed by atoms with Gasteiger partial charge in [-0.3, -0.25) is 4.79 Å². The number of carbonyl (C=O) groups is 2. The van der Waals surface area contributed by atoms with Gasteiger partial charge in [0.05, 0.1) is 0 Å². The Morgan fingerprint density at radius 1 is 1.50 bits per heavy atom. The molecule has 0 saturated heterocycles. The third kappa shape index (κ3) is 4.24. The van der Waals surface area contributed by atoms with E-state index in [0.29, 0.717) is 17.9 Å². The molecule has 0 aliphatic rings. The summed E-state index contributed by atoms with van der Waals surface area (Å²) in [6.45, 7) is 1.50. The molecule has 0 fully saturated rings. The highest BCUT2D eigenvalue weighted by atomic mass is 32.2. The normalized spacial score (nSPS) is 9.31. The van der Waals surface area contributed by atoms with E-state index >= 15 is 0 Å². The van der Waals surface area contributed by atoms with Gasteiger partial charge in [0.2, 0.25) is 5.76 Å². The molecule has 0 bridgehead atoms. The zero-order chi connectivity index (χ0) is 12.0. The van der Waals surface area contributed by atoms with E-state index in [0.717, 1.165) is 0 Å². The molecule has 0 atom stereocenters. The van der Waals surface area contributed by atoms with Crippen molar-refractivity contribution in [2.45, 2.75) is 13.3 Å². The minimum atomic E-state index is -1.11. The van der Waals surface area contributed by atoms with Gasteiger partial charge >= 0.3 is 5.97 Å². The lowest BCUT2D eigenvalue weighted by Crippen LogP contribution is -1.91. The predicted octanol–water partition coefficient (Wildman–Crippen LogP) is 2.00. The average molecular weight is 238 g/mol. The van der Waals surface area contributed by atoms with Crippen LogP contribution in [0.5, 0.6) is 0 Å². The van der Waals surface area contributed by atoms with E-state index in [4.69, 9.17) is 9.52 Å². The highest BCUT2D eigenvalue weighted by molar-refractivity contribution is 8.13. The first-order chi connectivity index (χ1) is 7.59. The van der Waals surface area contributed by atoms with Gasteiger partial charge in [-0.05, 0) is 18.1 Å². The van der Waals surface area contributed by atoms with Gasteiger partial charge in [0.15, 0.2) is 10.9 Å². The van der Waals surface area contributed by atoms with Crippen LogP contribution in [0.15, 0.2) is 16.5 Å². The van der Waals surface area contributed by atoms with Crippen LogP contribution in [0.3, 0.4) is 0 Å². The molecule has 0 spiro atoms. The van der Waals surface area contributed by atoms with Crippen molar-refractivity contribution >= 4 is 22.8 Å². The lowest BCUT2D eigenvalue weighted by atomic mass is 10.4. The fourth-order valence-electron chi connectivity index (χ4n) is 0.915. The van der Waals surface area contributed by atoms with Crippen molar-refractivity contribution < 1.29 is 19.1 Å². The van der Waals surface area contributed by atoms with Gasteiger partial charge in [-0.1, -0.05) is 17.7 Å². The van der Waals surface area contributed by atoms with E-state index in [1.54, 1.807) is 0 Å². The first kappa shape index (κ1) is 12.4. The summed E-state index contributed by atoms with van der Waals surface area (Å²) in [5.41, 5.74) is 0. The monoisotopic (exact) mass is 238 g/mol. The van der Waals surface area contributed by atoms with Crippen LogP contribution in [0.2, 0.25) is 0 Å². The standard InChI is InChI=1S/C11H10O4S/c1-8(12)16-7-3-2-4-9-5-6-10(15-9)11(13)14/h5-6H,3,7H2,1H3,(H,13,14). The van der Waals surface area contributed by atoms with Crippen LogP contribution < -0.4 is 0 Å². The highest BCUT2D eigenvalue weighted by Crippen LogP contribution is 2.06. The van der Waals surface area contributed by atoms with Gasteiger partial charge in [-0.15, -0.1) is 0 Å². The van der Waals surface area contributed by atoms with Crippen molar-refractivity contribution in [2.24, 2.45) is 0 Å². The summed E-state index contributed by atoms with van der Waals surface area (Å²) in [6, 6.07) is 2.87. The summed E-state index contributed by atoms with van der Waals surface area (Å²) < 4.78 is 4.93. The Morgan fingerprint density at radius 2 is 2.25 bits per heavy atom. The van der Waals surface area contributed by atoms with Gasteiger partial charge in [-0.2, -0.15) is 0 Å². The summed E-state index contributed by atoms with van der Waals surface area (Å²) in [6.07, 6.45) is 0.563. The SMILES string of the molecule is CC(=O)SCCC#Cc1ccc(C(=O)O)o1. The number of hydrogen-bond acceptors (Lipinski definition) is 4. The van der Waals surface area contributed by atoms with Crippen molar-refractivity contribution in [1.82, 2.24) is 0 Å². The number of furan rings is 1. The molecule has 0 aromatic carbocycles. The van der Waals surface area contributed by atoms with Gasteiger partial charge in [0.25, 0.3) is 0 Å². The highest BCUT2D eigenvalue weighted by Gasteiger charge is 2.06. The molecule has 0 saturated carbocycles. The van der Waals surface area contributed by atoms with Crippen LogP contribution in [0.4, 0.5) is 0 Å². The van der Waals surface area contributed by atoms with E-state index in [2.05, 4.69) is 11.8 Å². The molecule has 1 aromatic rings. The van der Waals surface area contributed by atoms with Crippen LogP contribution in [0, 0.1) is 11.8 Å². The topological polar surface area (TPSA) is 67.5 Å². The van der Waals surface area contributed by atoms with Gasteiger partial charge in [0, 0.05) is 19.1 Å². The summed E-state index contributed by atoms with van der Waals surface area (Å²) in [5, 5.41) is 8.65. The molecule has 0 amide bonds. The van der Waals surface area contributed by atoms with E-state index in [9.17, 15) is 9.59 Å². The molecular formula is C11H10O4S. The number of hydrogen-bond donors (Lipinski definition) is 1. The van der Waals surface area contributed by atoms with Crippen LogP contribution in [-0.4, -0.2) is 21.9 Å². The lowest BCUT2D eigenvalue weighted by molar-refractivity contribution is -0.109. The zero-order valence-corrected chi connectivity index (χ0v) is 9.47. The second-order valence-electron chi connectivity index (χ2n) is 2.86. The quantitative estimate of drug-likeness (QED) is 0.644. The summed E-state index contributed by atoms with van der Waals surface area (Å²) in [5.74, 6) is 5.21. The van der Waals surface area contributed by atoms with Crippen molar-refractivity contribution in [2.75, 3.05) is 5.75 Å². The molecular weight excluding hydrogens is 228 g/mol. The fourth-order valence-corrected chi connectivity index (χ4v) is 1.41. The van der Waals surface area contributed by atoms with E-state index in [-0.39, 0.29) is 10.9 Å². The van der Waals surface area contributed by atoms with Crippen LogP contribution in [-0.2, 0) is 4.79 Å². The van der Waals surface area contributed by atoms with Crippen molar-refractivity contribution in [3.05, 3.63) is 23.7 Å². The molecule has 0 radical (unpaired) electrons. The van der Waals surface area contributed by atoms with Gasteiger partial charge < -0.3 is 9.52 Å². The summed E-state index contributed by atoms with van der Waals surface area (Å²) >= 11 is 1.21. The summed E-state index contributed by atoms with van der Waals surface area (Å²) in [7, 11) is 0. The van der Waals surface area contributed by atoms with E-state index in [1.165, 1.54) is 30.8 Å². The smallest absolute Gasteiger partial charge is 0.371 e. The Kier molecular flexibility index (Phi) is 4.67. The molecule has 1 aromatic heterocycles. The molecule has 4 nitrogen and oxygen atoms in total. The van der Waals surface area contributed by atoms with E-state index in [1.807, 2.05) is 0 Å². The van der Waals surface area contributed by atoms with Crippen molar-refractivity contribution in [3.8, 4) is 11.8 Å². The molecule has 1 heterocycles. The minimum absolute atomic E-state index is 0.0629. The lowest BCUT2D eigenvalue weighted by Gasteiger charge is -1.88. The van der Waals surface area contributed by atoms with Gasteiger partial charge in [0.1, 0.15) is 0 Å². The largest absolute Gasteiger partial charge is 0.475 e. The second-order valence-corrected chi connectivity index (χ2v) is 4.13. The van der Waals surface area contributed by atoms with Crippen LogP contribution in [0.1, 0.15) is 29.7 Å². The molecule has 16 heavy (non-hydrogen) atoms. The third-order valence-corrected chi connectivity index (χ3v) is 2.38. The Bertz CT molecular complexity index is 450. The summed E-state index contributed by atoms with van der Waals surface area (Å²) in [4.78, 5) is 21.1. The molecule has 0 aliphatic carbocycles. The zero-order valence-electron chi connectivity index (χ0n) is 8.65. The second kappa shape index (κ2) is 6.03. The molecule has 0 unspecified atom stereocenters. The van der Waals surface area contributed by atoms with Crippen molar-refractivity contribution in [1.29, 1.82) is 0 Å². The Balaban J connectivity index is 2.44. The number of carboxylic acids is 1. The maximum absolute atomic E-state index is 10.6. The molecule has 1 rings (SSSR count).